The van der Waals surface area contributed by atoms with Crippen molar-refractivity contribution in [2.75, 3.05) is 5.43 Å². The van der Waals surface area contributed by atoms with Crippen LogP contribution in [0.15, 0.2) is 24.3 Å². The van der Waals surface area contributed by atoms with Crippen LogP contribution in [0, 0.1) is 37.5 Å². The molecular weight excluding hydrogens is 256 g/mol. The topological polar surface area (TPSA) is 71.3 Å². The Morgan fingerprint density at radius 3 is 2.25 bits per heavy atom. The zero-order valence-corrected chi connectivity index (χ0v) is 11.5. The van der Waals surface area contributed by atoms with E-state index in [1.807, 2.05) is 38.1 Å². The monoisotopic (exact) mass is 274 g/mol. The predicted molar refractivity (Wildman–Crippen MR) is 73.6 cm³/mol. The fraction of sp³-hybridized carbons (Fsp3) is 0.467. The van der Waals surface area contributed by atoms with E-state index in [0.29, 0.717) is 0 Å². The van der Waals surface area contributed by atoms with Crippen LogP contribution in [0.3, 0.4) is 0 Å². The molecule has 1 amide bonds. The number of hydrogen-bond acceptors (Lipinski definition) is 2. The first-order chi connectivity index (χ1) is 9.49. The van der Waals surface area contributed by atoms with Crippen LogP contribution >= 0.6 is 0 Å². The highest BCUT2D eigenvalue weighted by atomic mass is 16.4. The summed E-state index contributed by atoms with van der Waals surface area (Å²) in [6.07, 6.45) is 4.71. The second kappa shape index (κ2) is 4.51. The van der Waals surface area contributed by atoms with Gasteiger partial charge in [-0.25, -0.2) is 0 Å². The lowest BCUT2D eigenvalue weighted by atomic mass is 9.82. The summed E-state index contributed by atoms with van der Waals surface area (Å²) in [6, 6.07) is 3.84. The van der Waals surface area contributed by atoms with Gasteiger partial charge in [0.1, 0.15) is 0 Å². The molecule has 3 rings (SSSR count). The second-order valence-corrected chi connectivity index (χ2v) is 5.77. The molecule has 1 saturated carbocycles. The Bertz CT molecular complexity index is 583. The van der Waals surface area contributed by atoms with Crippen LogP contribution in [0.1, 0.15) is 17.8 Å². The van der Waals surface area contributed by atoms with E-state index in [4.69, 9.17) is 0 Å². The van der Waals surface area contributed by atoms with E-state index < -0.39 is 17.8 Å². The maximum absolute atomic E-state index is 12.5. The molecule has 0 radical (unpaired) electrons. The Morgan fingerprint density at radius 1 is 1.15 bits per heavy atom. The number of nitrogens with zero attached hydrogens (tertiary/aromatic N) is 1. The largest absolute Gasteiger partial charge is 0.481 e. The highest BCUT2D eigenvalue weighted by Gasteiger charge is 2.51. The second-order valence-electron chi connectivity index (χ2n) is 5.77. The maximum atomic E-state index is 12.5. The number of amides is 1. The molecule has 0 spiro atoms. The Balaban J connectivity index is 1.84. The molecule has 20 heavy (non-hydrogen) atoms. The Kier molecular flexibility index (Phi) is 2.92. The van der Waals surface area contributed by atoms with E-state index in [1.54, 1.807) is 4.68 Å². The van der Waals surface area contributed by atoms with Gasteiger partial charge in [-0.1, -0.05) is 12.2 Å². The van der Waals surface area contributed by atoms with Crippen LogP contribution in [-0.4, -0.2) is 21.7 Å². The Hall–Kier alpha value is -2.04. The normalized spacial score (nSPS) is 30.7. The third-order valence-corrected chi connectivity index (χ3v) is 4.54. The summed E-state index contributed by atoms with van der Waals surface area (Å²) in [5.74, 6) is -2.08. The minimum absolute atomic E-state index is 0.0000983. The number of fused-ring (bicyclic) bond motifs is 2. The van der Waals surface area contributed by atoms with Crippen LogP contribution < -0.4 is 5.43 Å². The van der Waals surface area contributed by atoms with Crippen molar-refractivity contribution in [3.63, 3.8) is 0 Å². The van der Waals surface area contributed by atoms with E-state index in [-0.39, 0.29) is 17.7 Å². The number of allylic oxidation sites excluding steroid dienone is 2. The first-order valence-electron chi connectivity index (χ1n) is 6.86. The molecule has 5 heteroatoms. The highest BCUT2D eigenvalue weighted by molar-refractivity contribution is 5.91. The van der Waals surface area contributed by atoms with Crippen LogP contribution in [0.25, 0.3) is 0 Å². The zero-order valence-electron chi connectivity index (χ0n) is 11.5. The number of aliphatic carboxylic acids is 1. The Labute approximate surface area is 117 Å². The summed E-state index contributed by atoms with van der Waals surface area (Å²) >= 11 is 0. The van der Waals surface area contributed by atoms with Gasteiger partial charge in [-0.05, 0) is 44.2 Å². The highest BCUT2D eigenvalue weighted by Crippen LogP contribution is 2.48. The zero-order chi connectivity index (χ0) is 14.4. The average Bonchev–Trinajstić information content (AvgIpc) is 3.07. The van der Waals surface area contributed by atoms with Gasteiger partial charge in [-0.3, -0.25) is 19.7 Å². The van der Waals surface area contributed by atoms with Gasteiger partial charge < -0.3 is 5.11 Å². The third-order valence-electron chi connectivity index (χ3n) is 4.54. The van der Waals surface area contributed by atoms with Crippen molar-refractivity contribution in [3.05, 3.63) is 35.7 Å². The maximum Gasteiger partial charge on any atom is 0.307 e. The summed E-state index contributed by atoms with van der Waals surface area (Å²) in [5, 5.41) is 9.37. The van der Waals surface area contributed by atoms with E-state index in [9.17, 15) is 14.7 Å². The van der Waals surface area contributed by atoms with Crippen molar-refractivity contribution >= 4 is 11.9 Å². The summed E-state index contributed by atoms with van der Waals surface area (Å²) in [6.45, 7) is 3.81. The van der Waals surface area contributed by atoms with Gasteiger partial charge in [-0.15, -0.1) is 0 Å². The number of carbonyl (C=O) groups is 2. The lowest BCUT2D eigenvalue weighted by Gasteiger charge is -2.24. The number of aromatic nitrogens is 1. The van der Waals surface area contributed by atoms with Crippen molar-refractivity contribution < 1.29 is 14.7 Å². The van der Waals surface area contributed by atoms with Gasteiger partial charge in [0.2, 0.25) is 5.91 Å². The van der Waals surface area contributed by atoms with Crippen molar-refractivity contribution in [1.29, 1.82) is 0 Å². The van der Waals surface area contributed by atoms with Crippen LogP contribution in [0.4, 0.5) is 0 Å². The van der Waals surface area contributed by atoms with Crippen LogP contribution in [-0.2, 0) is 9.59 Å². The summed E-state index contributed by atoms with van der Waals surface area (Å²) in [5.41, 5.74) is 4.71. The fourth-order valence-electron chi connectivity index (χ4n) is 3.55. The fourth-order valence-corrected chi connectivity index (χ4v) is 3.55. The molecule has 0 saturated heterocycles. The molecule has 2 N–H and O–H groups in total. The molecule has 4 atom stereocenters. The van der Waals surface area contributed by atoms with Crippen LogP contribution in [0.5, 0.6) is 0 Å². The van der Waals surface area contributed by atoms with E-state index in [1.165, 1.54) is 0 Å². The molecule has 0 aliphatic heterocycles. The number of carboxylic acid groups (broad SMARTS) is 1. The quantitative estimate of drug-likeness (QED) is 0.824. The predicted octanol–water partition coefficient (Wildman–Crippen LogP) is 1.70. The van der Waals surface area contributed by atoms with Gasteiger partial charge >= 0.3 is 5.97 Å². The molecule has 1 heterocycles. The molecule has 106 valence electrons. The van der Waals surface area contributed by atoms with Crippen molar-refractivity contribution in [3.8, 4) is 0 Å². The lowest BCUT2D eigenvalue weighted by molar-refractivity contribution is -0.147. The summed E-state index contributed by atoms with van der Waals surface area (Å²) in [4.78, 5) is 23.9. The summed E-state index contributed by atoms with van der Waals surface area (Å²) < 4.78 is 1.72. The van der Waals surface area contributed by atoms with Crippen LogP contribution in [0.2, 0.25) is 0 Å². The number of rotatable bonds is 3. The number of carboxylic acids is 1. The first kappa shape index (κ1) is 13.0. The molecule has 0 aromatic carbocycles. The summed E-state index contributed by atoms with van der Waals surface area (Å²) in [7, 11) is 0. The van der Waals surface area contributed by atoms with Gasteiger partial charge in [0, 0.05) is 11.4 Å². The van der Waals surface area contributed by atoms with Gasteiger partial charge in [0.25, 0.3) is 0 Å². The molecule has 5 nitrogen and oxygen atoms in total. The van der Waals surface area contributed by atoms with Gasteiger partial charge in [-0.2, -0.15) is 0 Å². The minimum atomic E-state index is -0.872. The standard InChI is InChI=1S/C15H18N2O3/c1-8-3-4-9(2)17(8)16-14(18)12-10-5-6-11(7-10)13(12)15(19)20/h3-6,10-13H,7H2,1-2H3,(H,16,18)(H,19,20). The Morgan fingerprint density at radius 2 is 1.70 bits per heavy atom. The number of hydrogen-bond donors (Lipinski definition) is 2. The molecule has 2 aliphatic rings. The van der Waals surface area contributed by atoms with E-state index in [0.717, 1.165) is 17.8 Å². The average molecular weight is 274 g/mol. The smallest absolute Gasteiger partial charge is 0.307 e. The molecule has 1 aromatic heterocycles. The first-order valence-corrected chi connectivity index (χ1v) is 6.86. The van der Waals surface area contributed by atoms with Crippen molar-refractivity contribution in [2.45, 2.75) is 20.3 Å². The van der Waals surface area contributed by atoms with Gasteiger partial charge in [0.15, 0.2) is 0 Å². The third kappa shape index (κ3) is 1.85. The molecule has 1 fully saturated rings. The molecule has 1 aromatic rings. The molecule has 2 bridgehead atoms. The van der Waals surface area contributed by atoms with Crippen molar-refractivity contribution in [1.82, 2.24) is 4.68 Å². The molecule has 2 aliphatic carbocycles. The lowest BCUT2D eigenvalue weighted by Crippen LogP contribution is -2.39. The molecular formula is C15H18N2O3. The van der Waals surface area contributed by atoms with Crippen molar-refractivity contribution in [2.24, 2.45) is 23.7 Å². The van der Waals surface area contributed by atoms with E-state index in [2.05, 4.69) is 5.43 Å². The SMILES string of the molecule is Cc1ccc(C)n1NC(=O)C1C2C=CC(C2)C1C(=O)O. The van der Waals surface area contributed by atoms with E-state index >= 15 is 0 Å². The minimum Gasteiger partial charge on any atom is -0.481 e. The number of carbonyl (C=O) groups excluding carboxylic acids is 1. The van der Waals surface area contributed by atoms with Gasteiger partial charge in [0.05, 0.1) is 11.8 Å². The number of nitrogens with one attached hydrogen (secondary N) is 1. The molecule has 4 unspecified atom stereocenters. The number of aryl methyl sites for hydroxylation is 2.